The lowest BCUT2D eigenvalue weighted by atomic mass is 9.79. The predicted octanol–water partition coefficient (Wildman–Crippen LogP) is 4.91. The van der Waals surface area contributed by atoms with Crippen LogP contribution in [0.1, 0.15) is 64.9 Å². The topological polar surface area (TPSA) is 12.0 Å². The van der Waals surface area contributed by atoms with Crippen LogP contribution in [0.3, 0.4) is 0 Å². The van der Waals surface area contributed by atoms with Crippen LogP contribution < -0.4 is 5.32 Å². The van der Waals surface area contributed by atoms with E-state index < -0.39 is 0 Å². The SMILES string of the molecule is CC(CC(C)(C)c1ccccc1)NCCC1CCCC1. The molecule has 2 rings (SSSR count). The number of benzene rings is 1. The third-order valence-corrected chi connectivity index (χ3v) is 4.89. The molecule has 0 aliphatic heterocycles. The quantitative estimate of drug-likeness (QED) is 0.744. The van der Waals surface area contributed by atoms with Crippen molar-refractivity contribution in [3.63, 3.8) is 0 Å². The van der Waals surface area contributed by atoms with Gasteiger partial charge in [-0.15, -0.1) is 0 Å². The summed E-state index contributed by atoms with van der Waals surface area (Å²) in [7, 11) is 0. The van der Waals surface area contributed by atoms with Gasteiger partial charge in [-0.2, -0.15) is 0 Å². The fraction of sp³-hybridized carbons (Fsp3) is 0.684. The van der Waals surface area contributed by atoms with E-state index in [1.165, 1.54) is 50.6 Å². The molecule has 0 amide bonds. The summed E-state index contributed by atoms with van der Waals surface area (Å²) in [6.45, 7) is 8.24. The summed E-state index contributed by atoms with van der Waals surface area (Å²) in [6.07, 6.45) is 8.41. The van der Waals surface area contributed by atoms with Gasteiger partial charge in [0.05, 0.1) is 0 Å². The van der Waals surface area contributed by atoms with Gasteiger partial charge in [-0.05, 0) is 43.2 Å². The van der Waals surface area contributed by atoms with Crippen molar-refractivity contribution in [3.05, 3.63) is 35.9 Å². The smallest absolute Gasteiger partial charge is 0.00470 e. The van der Waals surface area contributed by atoms with Crippen molar-refractivity contribution < 1.29 is 0 Å². The van der Waals surface area contributed by atoms with Crippen molar-refractivity contribution in [3.8, 4) is 0 Å². The number of rotatable bonds is 7. The second kappa shape index (κ2) is 7.26. The van der Waals surface area contributed by atoms with E-state index in [2.05, 4.69) is 56.4 Å². The second-order valence-electron chi connectivity index (χ2n) is 7.25. The van der Waals surface area contributed by atoms with E-state index in [0.29, 0.717) is 6.04 Å². The van der Waals surface area contributed by atoms with Gasteiger partial charge in [0.1, 0.15) is 0 Å². The van der Waals surface area contributed by atoms with Crippen molar-refractivity contribution in [1.29, 1.82) is 0 Å². The van der Waals surface area contributed by atoms with Crippen molar-refractivity contribution in [2.24, 2.45) is 5.92 Å². The van der Waals surface area contributed by atoms with Gasteiger partial charge >= 0.3 is 0 Å². The minimum atomic E-state index is 0.251. The lowest BCUT2D eigenvalue weighted by Crippen LogP contribution is -2.34. The average Bonchev–Trinajstić information content (AvgIpc) is 2.92. The van der Waals surface area contributed by atoms with E-state index in [-0.39, 0.29) is 5.41 Å². The fourth-order valence-electron chi connectivity index (χ4n) is 3.68. The van der Waals surface area contributed by atoms with E-state index in [4.69, 9.17) is 0 Å². The Bertz CT molecular complexity index is 376. The largest absolute Gasteiger partial charge is 0.314 e. The third-order valence-electron chi connectivity index (χ3n) is 4.89. The summed E-state index contributed by atoms with van der Waals surface area (Å²) >= 11 is 0. The van der Waals surface area contributed by atoms with Crippen LogP contribution in [0.25, 0.3) is 0 Å². The molecule has 1 unspecified atom stereocenters. The summed E-state index contributed by atoms with van der Waals surface area (Å²) in [6, 6.07) is 11.5. The zero-order valence-electron chi connectivity index (χ0n) is 13.5. The molecular formula is C19H31N. The molecule has 1 atom stereocenters. The molecule has 0 spiro atoms. The predicted molar refractivity (Wildman–Crippen MR) is 88.1 cm³/mol. The standard InChI is InChI=1S/C19H31N/c1-16(20-14-13-17-9-7-8-10-17)15-19(2,3)18-11-5-4-6-12-18/h4-6,11-12,16-17,20H,7-10,13-15H2,1-3H3. The Morgan fingerprint density at radius 3 is 2.45 bits per heavy atom. The maximum Gasteiger partial charge on any atom is 0.00470 e. The fourth-order valence-corrected chi connectivity index (χ4v) is 3.68. The lowest BCUT2D eigenvalue weighted by molar-refractivity contribution is 0.373. The zero-order chi connectivity index (χ0) is 14.4. The molecule has 1 aliphatic rings. The Kier molecular flexibility index (Phi) is 5.65. The molecule has 0 aromatic heterocycles. The third kappa shape index (κ3) is 4.63. The van der Waals surface area contributed by atoms with Crippen LogP contribution in [0.15, 0.2) is 30.3 Å². The molecule has 20 heavy (non-hydrogen) atoms. The maximum atomic E-state index is 3.74. The molecule has 0 saturated heterocycles. The molecule has 1 nitrogen and oxygen atoms in total. The van der Waals surface area contributed by atoms with Crippen molar-refractivity contribution >= 4 is 0 Å². The van der Waals surface area contributed by atoms with Crippen molar-refractivity contribution in [2.75, 3.05) is 6.54 Å². The molecule has 1 heteroatoms. The van der Waals surface area contributed by atoms with Gasteiger partial charge in [-0.3, -0.25) is 0 Å². The van der Waals surface area contributed by atoms with E-state index in [1.807, 2.05) is 0 Å². The molecule has 1 N–H and O–H groups in total. The van der Waals surface area contributed by atoms with E-state index >= 15 is 0 Å². The van der Waals surface area contributed by atoms with Crippen LogP contribution in [0.5, 0.6) is 0 Å². The van der Waals surface area contributed by atoms with Crippen LogP contribution in [0.2, 0.25) is 0 Å². The van der Waals surface area contributed by atoms with Crippen LogP contribution in [0, 0.1) is 5.92 Å². The van der Waals surface area contributed by atoms with Crippen LogP contribution >= 0.6 is 0 Å². The molecule has 0 bridgehead atoms. The summed E-state index contributed by atoms with van der Waals surface area (Å²) in [4.78, 5) is 0. The van der Waals surface area contributed by atoms with Gasteiger partial charge in [0.25, 0.3) is 0 Å². The maximum absolute atomic E-state index is 3.74. The molecule has 0 heterocycles. The molecule has 1 saturated carbocycles. The Morgan fingerprint density at radius 1 is 1.15 bits per heavy atom. The first-order valence-corrected chi connectivity index (χ1v) is 8.37. The van der Waals surface area contributed by atoms with E-state index in [1.54, 1.807) is 0 Å². The van der Waals surface area contributed by atoms with Gasteiger partial charge in [0, 0.05) is 6.04 Å². The minimum Gasteiger partial charge on any atom is -0.314 e. The Balaban J connectivity index is 1.74. The summed E-state index contributed by atoms with van der Waals surface area (Å²) in [5.74, 6) is 0.997. The van der Waals surface area contributed by atoms with Gasteiger partial charge in [0.15, 0.2) is 0 Å². The molecule has 1 fully saturated rings. The van der Waals surface area contributed by atoms with Gasteiger partial charge in [-0.1, -0.05) is 69.9 Å². The zero-order valence-corrected chi connectivity index (χ0v) is 13.5. The molecular weight excluding hydrogens is 242 g/mol. The highest BCUT2D eigenvalue weighted by molar-refractivity contribution is 5.23. The van der Waals surface area contributed by atoms with E-state index in [9.17, 15) is 0 Å². The minimum absolute atomic E-state index is 0.251. The van der Waals surface area contributed by atoms with Gasteiger partial charge in [0.2, 0.25) is 0 Å². The van der Waals surface area contributed by atoms with Gasteiger partial charge < -0.3 is 5.32 Å². The van der Waals surface area contributed by atoms with Crippen LogP contribution in [-0.4, -0.2) is 12.6 Å². The van der Waals surface area contributed by atoms with Crippen molar-refractivity contribution in [2.45, 2.75) is 70.8 Å². The van der Waals surface area contributed by atoms with Crippen LogP contribution in [-0.2, 0) is 5.41 Å². The van der Waals surface area contributed by atoms with Crippen LogP contribution in [0.4, 0.5) is 0 Å². The number of nitrogens with one attached hydrogen (secondary N) is 1. The highest BCUT2D eigenvalue weighted by atomic mass is 14.9. The molecule has 1 aromatic carbocycles. The highest BCUT2D eigenvalue weighted by Crippen LogP contribution is 2.29. The highest BCUT2D eigenvalue weighted by Gasteiger charge is 2.23. The second-order valence-corrected chi connectivity index (χ2v) is 7.25. The first-order chi connectivity index (χ1) is 9.58. The van der Waals surface area contributed by atoms with E-state index in [0.717, 1.165) is 5.92 Å². The molecule has 1 aliphatic carbocycles. The molecule has 0 radical (unpaired) electrons. The summed E-state index contributed by atoms with van der Waals surface area (Å²) < 4.78 is 0. The Labute approximate surface area is 125 Å². The Hall–Kier alpha value is -0.820. The average molecular weight is 273 g/mol. The first-order valence-electron chi connectivity index (χ1n) is 8.37. The summed E-state index contributed by atoms with van der Waals surface area (Å²) in [5.41, 5.74) is 1.70. The molecule has 112 valence electrons. The lowest BCUT2D eigenvalue weighted by Gasteiger charge is -2.29. The van der Waals surface area contributed by atoms with Crippen molar-refractivity contribution in [1.82, 2.24) is 5.32 Å². The number of hydrogen-bond acceptors (Lipinski definition) is 1. The monoisotopic (exact) mass is 273 g/mol. The normalized spacial score (nSPS) is 18.4. The molecule has 1 aromatic rings. The first kappa shape index (κ1) is 15.6. The van der Waals surface area contributed by atoms with Gasteiger partial charge in [-0.25, -0.2) is 0 Å². The number of hydrogen-bond donors (Lipinski definition) is 1. The Morgan fingerprint density at radius 2 is 1.80 bits per heavy atom. The summed E-state index contributed by atoms with van der Waals surface area (Å²) in [5, 5.41) is 3.74.